The molecule has 0 N–H and O–H groups in total. The third-order valence-electron chi connectivity index (χ3n) is 1.35. The van der Waals surface area contributed by atoms with Crippen molar-refractivity contribution in [3.8, 4) is 0 Å². The molecule has 5 heteroatoms. The molecule has 0 aliphatic carbocycles. The summed E-state index contributed by atoms with van der Waals surface area (Å²) in [5.41, 5.74) is 0. The SMILES string of the molecule is C[Si](C)(C)C(I)CC(F)(F)F. The quantitative estimate of drug-likeness (QED) is 0.415. The van der Waals surface area contributed by atoms with E-state index >= 15 is 0 Å². The van der Waals surface area contributed by atoms with Gasteiger partial charge in [0.05, 0.1) is 14.5 Å². The first-order valence-electron chi connectivity index (χ1n) is 3.34. The predicted molar refractivity (Wildman–Crippen MR) is 51.8 cm³/mol. The van der Waals surface area contributed by atoms with Crippen LogP contribution in [0.25, 0.3) is 0 Å². The molecule has 0 fully saturated rings. The zero-order valence-corrected chi connectivity index (χ0v) is 9.95. The van der Waals surface area contributed by atoms with Crippen molar-refractivity contribution in [3.63, 3.8) is 0 Å². The molecule has 68 valence electrons. The number of hydrogen-bond acceptors (Lipinski definition) is 0. The maximum absolute atomic E-state index is 11.9. The first kappa shape index (κ1) is 11.7. The van der Waals surface area contributed by atoms with Crippen LogP contribution < -0.4 is 0 Å². The molecule has 0 amide bonds. The van der Waals surface area contributed by atoms with Crippen molar-refractivity contribution in [2.45, 2.75) is 35.8 Å². The molecule has 0 aromatic carbocycles. The summed E-state index contributed by atoms with van der Waals surface area (Å²) in [5.74, 6) is 0. The van der Waals surface area contributed by atoms with E-state index in [1.54, 1.807) is 0 Å². The Balaban J connectivity index is 3.99. The van der Waals surface area contributed by atoms with E-state index in [1.807, 2.05) is 42.2 Å². The van der Waals surface area contributed by atoms with Crippen LogP contribution in [0, 0.1) is 0 Å². The molecular weight excluding hydrogens is 284 g/mol. The second-order valence-corrected chi connectivity index (χ2v) is 11.8. The summed E-state index contributed by atoms with van der Waals surface area (Å²) in [6.45, 7) is 5.86. The fourth-order valence-electron chi connectivity index (χ4n) is 0.509. The third kappa shape index (κ3) is 5.95. The average molecular weight is 296 g/mol. The number of alkyl halides is 4. The monoisotopic (exact) mass is 296 g/mol. The fourth-order valence-corrected chi connectivity index (χ4v) is 1.85. The topological polar surface area (TPSA) is 0 Å². The minimum Gasteiger partial charge on any atom is -0.171 e. The molecule has 1 atom stereocenters. The Bertz CT molecular complexity index is 127. The van der Waals surface area contributed by atoms with Crippen LogP contribution in [-0.2, 0) is 0 Å². The standard InChI is InChI=1S/C6H12F3ISi/c1-11(2,3)5(10)4-6(7,8)9/h5H,4H2,1-3H3. The number of hydrogen-bond donors (Lipinski definition) is 0. The van der Waals surface area contributed by atoms with Crippen molar-refractivity contribution < 1.29 is 13.2 Å². The van der Waals surface area contributed by atoms with E-state index < -0.39 is 20.7 Å². The predicted octanol–water partition coefficient (Wildman–Crippen LogP) is 3.62. The molecule has 0 saturated heterocycles. The van der Waals surface area contributed by atoms with Crippen molar-refractivity contribution >= 4 is 30.7 Å². The summed E-state index contributed by atoms with van der Waals surface area (Å²) in [7, 11) is -1.60. The molecule has 0 aromatic heterocycles. The molecule has 0 aliphatic heterocycles. The maximum Gasteiger partial charge on any atom is 0.389 e. The summed E-state index contributed by atoms with van der Waals surface area (Å²) in [6.07, 6.45) is -4.63. The lowest BCUT2D eigenvalue weighted by molar-refractivity contribution is -0.131. The molecule has 0 aliphatic rings. The molecule has 0 nitrogen and oxygen atoms in total. The molecule has 0 spiro atoms. The minimum absolute atomic E-state index is 0.208. The summed E-state index contributed by atoms with van der Waals surface area (Å²) < 4.78 is 35.4. The van der Waals surface area contributed by atoms with Gasteiger partial charge in [-0.3, -0.25) is 0 Å². The molecule has 0 aromatic rings. The van der Waals surface area contributed by atoms with Gasteiger partial charge in [0.15, 0.2) is 0 Å². The number of halogens is 4. The van der Waals surface area contributed by atoms with Crippen molar-refractivity contribution in [2.75, 3.05) is 0 Å². The lowest BCUT2D eigenvalue weighted by atomic mass is 10.5. The highest BCUT2D eigenvalue weighted by Gasteiger charge is 2.36. The van der Waals surface area contributed by atoms with Crippen molar-refractivity contribution in [3.05, 3.63) is 0 Å². The van der Waals surface area contributed by atoms with Crippen LogP contribution >= 0.6 is 22.6 Å². The molecule has 0 bridgehead atoms. The van der Waals surface area contributed by atoms with Gasteiger partial charge in [-0.25, -0.2) is 0 Å². The molecule has 0 rings (SSSR count). The van der Waals surface area contributed by atoms with Gasteiger partial charge >= 0.3 is 6.18 Å². The Morgan fingerprint density at radius 1 is 1.27 bits per heavy atom. The van der Waals surface area contributed by atoms with E-state index in [2.05, 4.69) is 0 Å². The summed E-state index contributed by atoms with van der Waals surface area (Å²) in [5, 5.41) is 0. The zero-order chi connectivity index (χ0) is 9.28. The van der Waals surface area contributed by atoms with Gasteiger partial charge < -0.3 is 0 Å². The Morgan fingerprint density at radius 2 is 1.64 bits per heavy atom. The first-order chi connectivity index (χ1) is 4.63. The Hall–Kier alpha value is 0.737. The van der Waals surface area contributed by atoms with Crippen molar-refractivity contribution in [1.29, 1.82) is 0 Å². The first-order valence-corrected chi connectivity index (χ1v) is 8.16. The summed E-state index contributed by atoms with van der Waals surface area (Å²) in [6, 6.07) is 0. The van der Waals surface area contributed by atoms with Crippen molar-refractivity contribution in [2.24, 2.45) is 0 Å². The van der Waals surface area contributed by atoms with Gasteiger partial charge in [-0.1, -0.05) is 42.2 Å². The molecule has 11 heavy (non-hydrogen) atoms. The summed E-state index contributed by atoms with van der Waals surface area (Å²) >= 11 is 1.92. The molecule has 1 unspecified atom stereocenters. The lowest BCUT2D eigenvalue weighted by Crippen LogP contribution is -2.36. The van der Waals surface area contributed by atoms with Crippen LogP contribution in [0.15, 0.2) is 0 Å². The lowest BCUT2D eigenvalue weighted by Gasteiger charge is -2.24. The van der Waals surface area contributed by atoms with Gasteiger partial charge in [-0.2, -0.15) is 13.2 Å². The van der Waals surface area contributed by atoms with Crippen LogP contribution in [0.4, 0.5) is 13.2 Å². The molecule has 0 radical (unpaired) electrons. The van der Waals surface area contributed by atoms with Crippen LogP contribution in [0.3, 0.4) is 0 Å². The Labute approximate surface area is 79.7 Å². The van der Waals surface area contributed by atoms with Gasteiger partial charge in [-0.05, 0) is 0 Å². The van der Waals surface area contributed by atoms with Gasteiger partial charge in [-0.15, -0.1) is 0 Å². The van der Waals surface area contributed by atoms with Crippen LogP contribution in [0.2, 0.25) is 19.6 Å². The largest absolute Gasteiger partial charge is 0.389 e. The van der Waals surface area contributed by atoms with E-state index in [0.29, 0.717) is 0 Å². The van der Waals surface area contributed by atoms with Gasteiger partial charge in [0.1, 0.15) is 0 Å². The highest BCUT2D eigenvalue weighted by Crippen LogP contribution is 2.30. The fraction of sp³-hybridized carbons (Fsp3) is 1.00. The average Bonchev–Trinajstić information content (AvgIpc) is 1.56. The highest BCUT2D eigenvalue weighted by atomic mass is 127. The van der Waals surface area contributed by atoms with E-state index in [9.17, 15) is 13.2 Å². The Morgan fingerprint density at radius 3 is 1.73 bits per heavy atom. The van der Waals surface area contributed by atoms with Crippen LogP contribution in [-0.4, -0.2) is 17.8 Å². The van der Waals surface area contributed by atoms with Gasteiger partial charge in [0.2, 0.25) is 0 Å². The van der Waals surface area contributed by atoms with Crippen molar-refractivity contribution in [1.82, 2.24) is 0 Å². The maximum atomic E-state index is 11.9. The smallest absolute Gasteiger partial charge is 0.171 e. The van der Waals surface area contributed by atoms with Gasteiger partial charge in [0.25, 0.3) is 0 Å². The number of rotatable bonds is 2. The third-order valence-corrected chi connectivity index (χ3v) is 9.48. The molecule has 0 saturated carbocycles. The normalized spacial score (nSPS) is 16.6. The molecule has 0 heterocycles. The Kier molecular flexibility index (Phi) is 3.88. The van der Waals surface area contributed by atoms with E-state index in [4.69, 9.17) is 0 Å². The zero-order valence-electron chi connectivity index (χ0n) is 6.80. The van der Waals surface area contributed by atoms with E-state index in [-0.39, 0.29) is 3.55 Å². The second-order valence-electron chi connectivity index (χ2n) is 3.65. The van der Waals surface area contributed by atoms with Gasteiger partial charge in [0, 0.05) is 3.55 Å². The minimum atomic E-state index is -3.99. The molecular formula is C6H12F3ISi. The van der Waals surface area contributed by atoms with E-state index in [0.717, 1.165) is 0 Å². The summed E-state index contributed by atoms with van der Waals surface area (Å²) in [4.78, 5) is 0. The van der Waals surface area contributed by atoms with Crippen LogP contribution in [0.1, 0.15) is 6.42 Å². The van der Waals surface area contributed by atoms with Crippen LogP contribution in [0.5, 0.6) is 0 Å². The van der Waals surface area contributed by atoms with E-state index in [1.165, 1.54) is 0 Å². The second kappa shape index (κ2) is 3.63. The highest BCUT2D eigenvalue weighted by molar-refractivity contribution is 14.1.